The normalized spacial score (nSPS) is 28.3. The number of hydrogen-bond donors (Lipinski definition) is 1. The molecule has 1 spiro atoms. The van der Waals surface area contributed by atoms with E-state index in [0.717, 1.165) is 89.0 Å². The molecule has 4 aromatic rings. The second kappa shape index (κ2) is 10.2. The lowest BCUT2D eigenvalue weighted by atomic mass is 9.52. The number of aromatic hydroxyl groups is 1. The standard InChI is InChI=1S/C44H50O4/c1-41(2)23-42(3,4)25-44(24-41)35-10-8-7-9-31(35)40-34-18-39(48-43-20-26-13-27(21-43)15-28(14-26)22-43)33(17-32(34)37(45)19-36(40)44)30-12-11-29(46-5)16-38(30)47-6/h7-12,16-19,26-28,45H,13-15,20-25H2,1-6H3. The quantitative estimate of drug-likeness (QED) is 0.235. The Morgan fingerprint density at radius 1 is 0.625 bits per heavy atom. The molecule has 0 aromatic heterocycles. The summed E-state index contributed by atoms with van der Waals surface area (Å²) >= 11 is 0. The summed E-state index contributed by atoms with van der Waals surface area (Å²) in [6.45, 7) is 9.73. The Balaban J connectivity index is 1.30. The first-order chi connectivity index (χ1) is 22.9. The summed E-state index contributed by atoms with van der Waals surface area (Å²) in [5, 5.41) is 14.0. The van der Waals surface area contributed by atoms with E-state index >= 15 is 0 Å². The van der Waals surface area contributed by atoms with E-state index in [1.165, 1.54) is 47.9 Å². The van der Waals surface area contributed by atoms with E-state index in [1.807, 2.05) is 12.1 Å². The van der Waals surface area contributed by atoms with Crippen LogP contribution in [0, 0.1) is 28.6 Å². The topological polar surface area (TPSA) is 47.9 Å². The van der Waals surface area contributed by atoms with Crippen LogP contribution >= 0.6 is 0 Å². The molecule has 0 saturated heterocycles. The summed E-state index contributed by atoms with van der Waals surface area (Å²) < 4.78 is 19.0. The van der Waals surface area contributed by atoms with Gasteiger partial charge in [-0.1, -0.05) is 52.0 Å². The third kappa shape index (κ3) is 4.53. The highest BCUT2D eigenvalue weighted by Crippen LogP contribution is 2.65. The monoisotopic (exact) mass is 642 g/mol. The Kier molecular flexibility index (Phi) is 6.45. The van der Waals surface area contributed by atoms with Crippen molar-refractivity contribution in [3.63, 3.8) is 0 Å². The Bertz CT molecular complexity index is 1910. The van der Waals surface area contributed by atoms with Gasteiger partial charge in [-0.25, -0.2) is 0 Å². The van der Waals surface area contributed by atoms with E-state index < -0.39 is 0 Å². The van der Waals surface area contributed by atoms with E-state index in [0.29, 0.717) is 5.75 Å². The number of benzene rings is 4. The van der Waals surface area contributed by atoms with E-state index in [9.17, 15) is 5.11 Å². The molecule has 0 unspecified atom stereocenters. The van der Waals surface area contributed by atoms with Crippen LogP contribution in [0.15, 0.2) is 60.7 Å². The molecule has 6 aliphatic rings. The van der Waals surface area contributed by atoms with Crippen LogP contribution in [-0.2, 0) is 5.41 Å². The molecule has 4 nitrogen and oxygen atoms in total. The maximum Gasteiger partial charge on any atom is 0.130 e. The lowest BCUT2D eigenvalue weighted by Crippen LogP contribution is -2.53. The summed E-state index contributed by atoms with van der Waals surface area (Å²) in [6.07, 6.45) is 10.9. The molecule has 6 aliphatic carbocycles. The van der Waals surface area contributed by atoms with E-state index in [-0.39, 0.29) is 21.8 Å². The Hall–Kier alpha value is -3.66. The molecule has 5 fully saturated rings. The molecule has 48 heavy (non-hydrogen) atoms. The van der Waals surface area contributed by atoms with Crippen LogP contribution in [0.4, 0.5) is 0 Å². The zero-order valence-corrected chi connectivity index (χ0v) is 29.5. The van der Waals surface area contributed by atoms with Crippen molar-refractivity contribution in [1.82, 2.24) is 0 Å². The zero-order valence-electron chi connectivity index (χ0n) is 29.5. The van der Waals surface area contributed by atoms with Crippen molar-refractivity contribution in [1.29, 1.82) is 0 Å². The second-order valence-corrected chi connectivity index (χ2v) is 18.0. The third-order valence-electron chi connectivity index (χ3n) is 13.0. The maximum atomic E-state index is 12.1. The third-order valence-corrected chi connectivity index (χ3v) is 13.0. The van der Waals surface area contributed by atoms with Crippen LogP contribution < -0.4 is 14.2 Å². The van der Waals surface area contributed by atoms with Crippen LogP contribution in [0.25, 0.3) is 33.0 Å². The van der Waals surface area contributed by atoms with E-state index in [4.69, 9.17) is 14.2 Å². The SMILES string of the molecule is COc1ccc(-c2cc3c(O)cc4c(c3cc2OC23CC5CC(CC(C5)C2)C3)-c2ccccc2C42CC(C)(C)CC(C)(C)C2)c(OC)c1. The predicted molar refractivity (Wildman–Crippen MR) is 193 cm³/mol. The predicted octanol–water partition coefficient (Wildman–Crippen LogP) is 11.1. The number of ether oxygens (including phenoxy) is 3. The van der Waals surface area contributed by atoms with Gasteiger partial charge in [0.2, 0.25) is 0 Å². The van der Waals surface area contributed by atoms with Crippen LogP contribution in [0.2, 0.25) is 0 Å². The highest BCUT2D eigenvalue weighted by Gasteiger charge is 2.55. The van der Waals surface area contributed by atoms with Crippen molar-refractivity contribution in [2.24, 2.45) is 28.6 Å². The van der Waals surface area contributed by atoms with Gasteiger partial charge in [-0.2, -0.15) is 0 Å². The fourth-order valence-electron chi connectivity index (χ4n) is 12.6. The van der Waals surface area contributed by atoms with E-state index in [1.54, 1.807) is 14.2 Å². The fraction of sp³-hybridized carbons (Fsp3) is 0.500. The molecule has 0 amide bonds. The van der Waals surface area contributed by atoms with Crippen molar-refractivity contribution in [3.8, 4) is 45.3 Å². The van der Waals surface area contributed by atoms with Gasteiger partial charge < -0.3 is 19.3 Å². The molecular weight excluding hydrogens is 592 g/mol. The van der Waals surface area contributed by atoms with Crippen LogP contribution in [0.5, 0.6) is 23.0 Å². The van der Waals surface area contributed by atoms with Gasteiger partial charge in [-0.3, -0.25) is 0 Å². The largest absolute Gasteiger partial charge is 0.507 e. The zero-order chi connectivity index (χ0) is 33.2. The molecule has 0 heterocycles. The van der Waals surface area contributed by atoms with Gasteiger partial charge >= 0.3 is 0 Å². The first kappa shape index (κ1) is 30.4. The number of rotatable bonds is 5. The molecule has 0 atom stereocenters. The Morgan fingerprint density at radius 2 is 1.29 bits per heavy atom. The van der Waals surface area contributed by atoms with Crippen LogP contribution in [0.3, 0.4) is 0 Å². The number of hydrogen-bond acceptors (Lipinski definition) is 4. The molecule has 4 heteroatoms. The van der Waals surface area contributed by atoms with Gasteiger partial charge in [0.05, 0.1) is 14.2 Å². The van der Waals surface area contributed by atoms with Crippen molar-refractivity contribution < 1.29 is 19.3 Å². The molecular formula is C44H50O4. The van der Waals surface area contributed by atoms with Crippen molar-refractivity contribution in [3.05, 3.63) is 71.8 Å². The molecule has 1 N–H and O–H groups in total. The van der Waals surface area contributed by atoms with Crippen LogP contribution in [0.1, 0.15) is 96.6 Å². The van der Waals surface area contributed by atoms with Gasteiger partial charge in [-0.15, -0.1) is 0 Å². The first-order valence-electron chi connectivity index (χ1n) is 18.3. The summed E-state index contributed by atoms with van der Waals surface area (Å²) in [7, 11) is 3.40. The molecule has 5 saturated carbocycles. The lowest BCUT2D eigenvalue weighted by Gasteiger charge is -2.56. The molecule has 0 aliphatic heterocycles. The second-order valence-electron chi connectivity index (χ2n) is 18.0. The van der Waals surface area contributed by atoms with Gasteiger partial charge in [0.25, 0.3) is 0 Å². The van der Waals surface area contributed by atoms with Gasteiger partial charge in [0, 0.05) is 28.0 Å². The van der Waals surface area contributed by atoms with Gasteiger partial charge in [-0.05, 0) is 144 Å². The minimum Gasteiger partial charge on any atom is -0.507 e. The first-order valence-corrected chi connectivity index (χ1v) is 18.3. The highest BCUT2D eigenvalue weighted by molar-refractivity contribution is 6.08. The van der Waals surface area contributed by atoms with Crippen molar-refractivity contribution in [2.75, 3.05) is 14.2 Å². The highest BCUT2D eigenvalue weighted by atomic mass is 16.5. The lowest BCUT2D eigenvalue weighted by molar-refractivity contribution is -0.107. The summed E-state index contributed by atoms with van der Waals surface area (Å²) in [4.78, 5) is 0. The molecule has 4 aromatic carbocycles. The Labute approximate surface area is 285 Å². The summed E-state index contributed by atoms with van der Waals surface area (Å²) in [5.41, 5.74) is 7.25. The fourth-order valence-corrected chi connectivity index (χ4v) is 12.6. The number of fused-ring (bicyclic) bond motifs is 7. The molecule has 4 bridgehead atoms. The van der Waals surface area contributed by atoms with Gasteiger partial charge in [0.15, 0.2) is 0 Å². The van der Waals surface area contributed by atoms with Crippen molar-refractivity contribution >= 4 is 10.8 Å². The van der Waals surface area contributed by atoms with Crippen LogP contribution in [-0.4, -0.2) is 24.9 Å². The number of phenolic OH excluding ortho intramolecular Hbond substituents is 1. The summed E-state index contributed by atoms with van der Waals surface area (Å²) in [6, 6.07) is 21.7. The summed E-state index contributed by atoms with van der Waals surface area (Å²) in [5.74, 6) is 5.05. The minimum absolute atomic E-state index is 0.132. The van der Waals surface area contributed by atoms with Crippen molar-refractivity contribution in [2.45, 2.75) is 96.5 Å². The molecule has 10 rings (SSSR count). The van der Waals surface area contributed by atoms with E-state index in [2.05, 4.69) is 76.2 Å². The minimum atomic E-state index is -0.151. The number of methoxy groups -OCH3 is 2. The molecule has 250 valence electrons. The van der Waals surface area contributed by atoms with Gasteiger partial charge in [0.1, 0.15) is 28.6 Å². The molecule has 0 radical (unpaired) electrons. The smallest absolute Gasteiger partial charge is 0.130 e. The number of phenols is 1. The maximum absolute atomic E-state index is 12.1. The average molecular weight is 643 g/mol. The Morgan fingerprint density at radius 3 is 1.94 bits per heavy atom. The average Bonchev–Trinajstić information content (AvgIpc) is 3.26.